The molecule has 0 radical (unpaired) electrons. The Labute approximate surface area is 131 Å². The predicted octanol–water partition coefficient (Wildman–Crippen LogP) is 3.32. The molecule has 2 aromatic rings. The number of hydrogen-bond donors (Lipinski definition) is 0. The maximum atomic E-state index is 4.93. The Kier molecular flexibility index (Phi) is 3.72. The van der Waals surface area contributed by atoms with Crippen molar-refractivity contribution in [2.45, 2.75) is 70.4 Å². The maximum Gasteiger partial charge on any atom is 0.165 e. The van der Waals surface area contributed by atoms with Gasteiger partial charge in [0.25, 0.3) is 0 Å². The molecule has 0 saturated heterocycles. The highest BCUT2D eigenvalue weighted by atomic mass is 15.2. The summed E-state index contributed by atoms with van der Waals surface area (Å²) in [6, 6.07) is 0.605. The number of anilines is 1. The van der Waals surface area contributed by atoms with Gasteiger partial charge in [-0.25, -0.2) is 15.0 Å². The number of aryl methyl sites for hydroxylation is 2. The van der Waals surface area contributed by atoms with Crippen LogP contribution in [0.1, 0.15) is 57.2 Å². The summed E-state index contributed by atoms with van der Waals surface area (Å²) in [5.41, 5.74) is 2.04. The molecule has 0 bridgehead atoms. The summed E-state index contributed by atoms with van der Waals surface area (Å²) >= 11 is 0. The molecule has 1 fully saturated rings. The summed E-state index contributed by atoms with van der Waals surface area (Å²) in [5.74, 6) is 2.23. The third kappa shape index (κ3) is 2.36. The van der Waals surface area contributed by atoms with Crippen molar-refractivity contribution >= 4 is 17.0 Å². The van der Waals surface area contributed by atoms with Crippen molar-refractivity contribution in [1.29, 1.82) is 0 Å². The highest BCUT2D eigenvalue weighted by molar-refractivity contribution is 5.84. The van der Waals surface area contributed by atoms with Crippen molar-refractivity contribution < 1.29 is 0 Å². The second kappa shape index (κ2) is 5.86. The zero-order valence-corrected chi connectivity index (χ0v) is 13.5. The van der Waals surface area contributed by atoms with Crippen LogP contribution in [0.2, 0.25) is 0 Å². The molecule has 5 heteroatoms. The zero-order chi connectivity index (χ0) is 14.9. The largest absolute Gasteiger partial charge is 0.355 e. The number of fused-ring (bicyclic) bond motifs is 3. The van der Waals surface area contributed by atoms with E-state index in [0.717, 1.165) is 29.9 Å². The Morgan fingerprint density at radius 3 is 2.73 bits per heavy atom. The first-order chi connectivity index (χ1) is 10.8. The minimum Gasteiger partial charge on any atom is -0.355 e. The lowest BCUT2D eigenvalue weighted by Crippen LogP contribution is -2.34. The van der Waals surface area contributed by atoms with Gasteiger partial charge in [0.15, 0.2) is 17.0 Å². The van der Waals surface area contributed by atoms with Gasteiger partial charge in [0.05, 0.1) is 0 Å². The average molecular weight is 299 g/mol. The molecule has 5 nitrogen and oxygen atoms in total. The van der Waals surface area contributed by atoms with Gasteiger partial charge in [0, 0.05) is 26.1 Å². The van der Waals surface area contributed by atoms with Crippen LogP contribution in [0.25, 0.3) is 11.2 Å². The van der Waals surface area contributed by atoms with Crippen molar-refractivity contribution in [2.24, 2.45) is 0 Å². The van der Waals surface area contributed by atoms with E-state index in [1.807, 2.05) is 0 Å². The van der Waals surface area contributed by atoms with Gasteiger partial charge in [-0.1, -0.05) is 25.7 Å². The molecule has 0 spiro atoms. The van der Waals surface area contributed by atoms with E-state index in [9.17, 15) is 0 Å². The third-order valence-corrected chi connectivity index (χ3v) is 5.33. The average Bonchev–Trinajstić information content (AvgIpc) is 2.76. The Bertz CT molecular complexity index is 656. The third-order valence-electron chi connectivity index (χ3n) is 5.33. The Hall–Kier alpha value is -1.65. The fraction of sp³-hybridized carbons (Fsp3) is 0.706. The monoisotopic (exact) mass is 299 g/mol. The van der Waals surface area contributed by atoms with E-state index in [1.165, 1.54) is 57.2 Å². The number of rotatable bonds is 2. The lowest BCUT2D eigenvalue weighted by Gasteiger charge is -2.32. The van der Waals surface area contributed by atoms with Crippen LogP contribution in [-0.2, 0) is 13.0 Å². The molecule has 0 N–H and O–H groups in total. The maximum absolute atomic E-state index is 4.93. The smallest absolute Gasteiger partial charge is 0.165 e. The van der Waals surface area contributed by atoms with Crippen molar-refractivity contribution in [3.8, 4) is 0 Å². The lowest BCUT2D eigenvalue weighted by molar-refractivity contribution is 0.426. The standard InChI is InChI=1S/C17H25N5/c1-21(13-8-4-2-5-9-13)16-15-17(19-12-18-16)22-11-7-3-6-10-14(22)20-15/h12-13H,2-11H2,1H3. The Morgan fingerprint density at radius 2 is 1.86 bits per heavy atom. The van der Waals surface area contributed by atoms with E-state index >= 15 is 0 Å². The molecule has 3 heterocycles. The van der Waals surface area contributed by atoms with Crippen LogP contribution in [0.3, 0.4) is 0 Å². The van der Waals surface area contributed by atoms with Crippen LogP contribution in [0.15, 0.2) is 6.33 Å². The minimum absolute atomic E-state index is 0.605. The van der Waals surface area contributed by atoms with Crippen molar-refractivity contribution in [2.75, 3.05) is 11.9 Å². The molecular formula is C17H25N5. The molecule has 0 unspecified atom stereocenters. The number of aromatic nitrogens is 4. The molecule has 118 valence electrons. The van der Waals surface area contributed by atoms with Gasteiger partial charge in [-0.3, -0.25) is 0 Å². The van der Waals surface area contributed by atoms with E-state index in [0.29, 0.717) is 6.04 Å². The summed E-state index contributed by atoms with van der Waals surface area (Å²) in [5, 5.41) is 0. The lowest BCUT2D eigenvalue weighted by atomic mass is 9.94. The number of imidazole rings is 1. The van der Waals surface area contributed by atoms with Crippen molar-refractivity contribution in [3.63, 3.8) is 0 Å². The molecule has 2 aromatic heterocycles. The second-order valence-corrected chi connectivity index (χ2v) is 6.76. The van der Waals surface area contributed by atoms with Crippen LogP contribution in [-0.4, -0.2) is 32.6 Å². The van der Waals surface area contributed by atoms with Gasteiger partial charge >= 0.3 is 0 Å². The van der Waals surface area contributed by atoms with Gasteiger partial charge in [-0.15, -0.1) is 0 Å². The van der Waals surface area contributed by atoms with Crippen molar-refractivity contribution in [1.82, 2.24) is 19.5 Å². The molecule has 4 rings (SSSR count). The van der Waals surface area contributed by atoms with Gasteiger partial charge in [-0.2, -0.15) is 0 Å². The number of hydrogen-bond acceptors (Lipinski definition) is 4. The van der Waals surface area contributed by atoms with Crippen LogP contribution < -0.4 is 4.90 Å². The summed E-state index contributed by atoms with van der Waals surface area (Å²) in [6.45, 7) is 1.05. The highest BCUT2D eigenvalue weighted by Crippen LogP contribution is 2.30. The van der Waals surface area contributed by atoms with E-state index in [1.54, 1.807) is 6.33 Å². The van der Waals surface area contributed by atoms with Gasteiger partial charge in [0.2, 0.25) is 0 Å². The quantitative estimate of drug-likeness (QED) is 0.853. The first-order valence-electron chi connectivity index (χ1n) is 8.77. The molecule has 1 aliphatic heterocycles. The van der Waals surface area contributed by atoms with Crippen molar-refractivity contribution in [3.05, 3.63) is 12.2 Å². The summed E-state index contributed by atoms with van der Waals surface area (Å²) in [6.07, 6.45) is 13.2. The molecular weight excluding hydrogens is 274 g/mol. The fourth-order valence-electron chi connectivity index (χ4n) is 4.02. The van der Waals surface area contributed by atoms with E-state index < -0.39 is 0 Å². The molecule has 0 aromatic carbocycles. The molecule has 0 amide bonds. The number of nitrogens with zero attached hydrogens (tertiary/aromatic N) is 5. The molecule has 22 heavy (non-hydrogen) atoms. The van der Waals surface area contributed by atoms with Crippen LogP contribution >= 0.6 is 0 Å². The van der Waals surface area contributed by atoms with E-state index in [2.05, 4.69) is 26.5 Å². The van der Waals surface area contributed by atoms with Crippen LogP contribution in [0.5, 0.6) is 0 Å². The van der Waals surface area contributed by atoms with Crippen LogP contribution in [0, 0.1) is 0 Å². The predicted molar refractivity (Wildman–Crippen MR) is 88.2 cm³/mol. The summed E-state index contributed by atoms with van der Waals surface area (Å²) < 4.78 is 2.32. The minimum atomic E-state index is 0.605. The first-order valence-corrected chi connectivity index (χ1v) is 8.77. The summed E-state index contributed by atoms with van der Waals surface area (Å²) in [4.78, 5) is 16.4. The van der Waals surface area contributed by atoms with Crippen LogP contribution in [0.4, 0.5) is 5.82 Å². The molecule has 1 saturated carbocycles. The molecule has 2 aliphatic rings. The van der Waals surface area contributed by atoms with Gasteiger partial charge in [0.1, 0.15) is 12.2 Å². The summed E-state index contributed by atoms with van der Waals surface area (Å²) in [7, 11) is 2.18. The zero-order valence-electron chi connectivity index (χ0n) is 13.5. The highest BCUT2D eigenvalue weighted by Gasteiger charge is 2.24. The first kappa shape index (κ1) is 14.0. The normalized spacial score (nSPS) is 19.9. The molecule has 1 aliphatic carbocycles. The van der Waals surface area contributed by atoms with Gasteiger partial charge in [-0.05, 0) is 25.7 Å². The SMILES string of the molecule is CN(c1ncnc2c1nc1n2CCCCC1)C1CCCCC1. The Balaban J connectivity index is 1.74. The molecule has 0 atom stereocenters. The Morgan fingerprint density at radius 1 is 1.05 bits per heavy atom. The topological polar surface area (TPSA) is 46.8 Å². The van der Waals surface area contributed by atoms with E-state index in [4.69, 9.17) is 4.98 Å². The van der Waals surface area contributed by atoms with Gasteiger partial charge < -0.3 is 9.47 Å². The second-order valence-electron chi connectivity index (χ2n) is 6.76. The van der Waals surface area contributed by atoms with E-state index in [-0.39, 0.29) is 0 Å². The fourth-order valence-corrected chi connectivity index (χ4v) is 4.02.